The van der Waals surface area contributed by atoms with Gasteiger partial charge in [0.15, 0.2) is 0 Å². The van der Waals surface area contributed by atoms with Gasteiger partial charge in [-0.2, -0.15) is 0 Å². The van der Waals surface area contributed by atoms with Gasteiger partial charge in [0.25, 0.3) is 0 Å². The molecule has 0 bridgehead atoms. The van der Waals surface area contributed by atoms with E-state index in [1.807, 2.05) is 7.05 Å². The highest BCUT2D eigenvalue weighted by Crippen LogP contribution is 2.24. The fourth-order valence-corrected chi connectivity index (χ4v) is 2.82. The Labute approximate surface area is 107 Å². The van der Waals surface area contributed by atoms with Gasteiger partial charge in [-0.05, 0) is 51.9 Å². The number of ether oxygens (including phenoxy) is 1. The average Bonchev–Trinajstić information content (AvgIpc) is 2.27. The molecule has 0 aliphatic carbocycles. The molecule has 102 valence electrons. The molecule has 0 radical (unpaired) electrons. The maximum atomic E-state index is 5.29. The zero-order valence-corrected chi connectivity index (χ0v) is 12.1. The van der Waals surface area contributed by atoms with E-state index in [1.165, 1.54) is 45.4 Å². The predicted octanol–water partition coefficient (Wildman–Crippen LogP) is 1.98. The van der Waals surface area contributed by atoms with Gasteiger partial charge in [0.2, 0.25) is 0 Å². The van der Waals surface area contributed by atoms with Gasteiger partial charge in [0.05, 0.1) is 6.61 Å². The largest absolute Gasteiger partial charge is 0.384 e. The summed E-state index contributed by atoms with van der Waals surface area (Å²) >= 11 is 0. The lowest BCUT2D eigenvalue weighted by atomic mass is 9.89. The van der Waals surface area contributed by atoms with E-state index in [0.29, 0.717) is 0 Å². The van der Waals surface area contributed by atoms with Crippen molar-refractivity contribution in [3.8, 4) is 0 Å². The van der Waals surface area contributed by atoms with Crippen molar-refractivity contribution in [2.75, 3.05) is 46.9 Å². The maximum Gasteiger partial charge on any atom is 0.0525 e. The minimum Gasteiger partial charge on any atom is -0.384 e. The quantitative estimate of drug-likeness (QED) is 0.739. The molecule has 1 saturated heterocycles. The van der Waals surface area contributed by atoms with Gasteiger partial charge in [0.1, 0.15) is 0 Å². The van der Waals surface area contributed by atoms with E-state index in [1.54, 1.807) is 7.11 Å². The van der Waals surface area contributed by atoms with Gasteiger partial charge in [-0.15, -0.1) is 0 Å². The lowest BCUT2D eigenvalue weighted by Crippen LogP contribution is -2.41. The van der Waals surface area contributed by atoms with Crippen LogP contribution in [0.1, 0.15) is 33.1 Å². The standard InChI is InChI=1S/C14H30N2O/c1-14(2,12-17-4)11-16-9-6-13(7-10-16)5-8-15-3/h13,15H,5-12H2,1-4H3. The molecule has 1 aliphatic rings. The SMILES string of the molecule is CNCCC1CCN(CC(C)(C)COC)CC1. The van der Waals surface area contributed by atoms with Crippen molar-refractivity contribution in [2.45, 2.75) is 33.1 Å². The first-order valence-electron chi connectivity index (χ1n) is 6.93. The number of likely N-dealkylation sites (tertiary alicyclic amines) is 1. The average molecular weight is 242 g/mol. The molecule has 0 aromatic carbocycles. The zero-order valence-electron chi connectivity index (χ0n) is 12.1. The molecular weight excluding hydrogens is 212 g/mol. The molecule has 1 rings (SSSR count). The molecule has 1 heterocycles. The van der Waals surface area contributed by atoms with E-state index in [4.69, 9.17) is 4.74 Å². The van der Waals surface area contributed by atoms with E-state index in [-0.39, 0.29) is 5.41 Å². The van der Waals surface area contributed by atoms with E-state index >= 15 is 0 Å². The third-order valence-electron chi connectivity index (χ3n) is 3.70. The Bertz CT molecular complexity index is 198. The summed E-state index contributed by atoms with van der Waals surface area (Å²) in [5, 5.41) is 3.25. The van der Waals surface area contributed by atoms with Crippen LogP contribution in [0.4, 0.5) is 0 Å². The minimum absolute atomic E-state index is 0.284. The maximum absolute atomic E-state index is 5.29. The lowest BCUT2D eigenvalue weighted by molar-refractivity contribution is 0.0561. The number of piperidine rings is 1. The molecule has 1 aliphatic heterocycles. The van der Waals surface area contributed by atoms with Crippen LogP contribution in [0.3, 0.4) is 0 Å². The van der Waals surface area contributed by atoms with Crippen molar-refractivity contribution in [1.82, 2.24) is 10.2 Å². The summed E-state index contributed by atoms with van der Waals surface area (Å²) in [6.07, 6.45) is 4.07. The third kappa shape index (κ3) is 5.84. The minimum atomic E-state index is 0.284. The molecule has 1 N–H and O–H groups in total. The molecule has 0 aromatic heterocycles. The third-order valence-corrected chi connectivity index (χ3v) is 3.70. The number of rotatable bonds is 7. The number of hydrogen-bond acceptors (Lipinski definition) is 3. The predicted molar refractivity (Wildman–Crippen MR) is 73.4 cm³/mol. The zero-order chi connectivity index (χ0) is 12.7. The van der Waals surface area contributed by atoms with Crippen LogP contribution in [0.2, 0.25) is 0 Å². The van der Waals surface area contributed by atoms with Gasteiger partial charge < -0.3 is 15.0 Å². The fraction of sp³-hybridized carbons (Fsp3) is 1.00. The Morgan fingerprint density at radius 3 is 2.47 bits per heavy atom. The number of nitrogens with one attached hydrogen (secondary N) is 1. The van der Waals surface area contributed by atoms with Crippen molar-refractivity contribution in [3.05, 3.63) is 0 Å². The second kappa shape index (κ2) is 7.34. The first kappa shape index (κ1) is 14.9. The van der Waals surface area contributed by atoms with Crippen LogP contribution >= 0.6 is 0 Å². The highest BCUT2D eigenvalue weighted by molar-refractivity contribution is 4.78. The lowest BCUT2D eigenvalue weighted by Gasteiger charge is -2.37. The normalized spacial score (nSPS) is 19.8. The molecular formula is C14H30N2O. The Kier molecular flexibility index (Phi) is 6.45. The van der Waals surface area contributed by atoms with Crippen molar-refractivity contribution < 1.29 is 4.74 Å². The molecule has 1 fully saturated rings. The smallest absolute Gasteiger partial charge is 0.0525 e. The van der Waals surface area contributed by atoms with Crippen LogP contribution in [0.25, 0.3) is 0 Å². The summed E-state index contributed by atoms with van der Waals surface area (Å²) in [5.74, 6) is 0.934. The molecule has 0 spiro atoms. The van der Waals surface area contributed by atoms with Crippen molar-refractivity contribution in [1.29, 1.82) is 0 Å². The van der Waals surface area contributed by atoms with Crippen LogP contribution in [0.15, 0.2) is 0 Å². The van der Waals surface area contributed by atoms with Gasteiger partial charge >= 0.3 is 0 Å². The van der Waals surface area contributed by atoms with Gasteiger partial charge in [0, 0.05) is 19.1 Å². The number of nitrogens with zero attached hydrogens (tertiary/aromatic N) is 1. The first-order chi connectivity index (χ1) is 8.07. The molecule has 0 amide bonds. The van der Waals surface area contributed by atoms with Crippen LogP contribution in [0.5, 0.6) is 0 Å². The second-order valence-electron chi connectivity index (χ2n) is 6.21. The van der Waals surface area contributed by atoms with Crippen molar-refractivity contribution >= 4 is 0 Å². The molecule has 17 heavy (non-hydrogen) atoms. The monoisotopic (exact) mass is 242 g/mol. The summed E-state index contributed by atoms with van der Waals surface area (Å²) in [5.41, 5.74) is 0.284. The summed E-state index contributed by atoms with van der Waals surface area (Å²) in [6, 6.07) is 0. The molecule has 0 saturated carbocycles. The van der Waals surface area contributed by atoms with E-state index < -0.39 is 0 Å². The molecule has 3 heteroatoms. The Hall–Kier alpha value is -0.120. The van der Waals surface area contributed by atoms with E-state index in [2.05, 4.69) is 24.1 Å². The number of methoxy groups -OCH3 is 1. The molecule has 0 unspecified atom stereocenters. The van der Waals surface area contributed by atoms with E-state index in [9.17, 15) is 0 Å². The molecule has 3 nitrogen and oxygen atoms in total. The Morgan fingerprint density at radius 1 is 1.29 bits per heavy atom. The van der Waals surface area contributed by atoms with Crippen LogP contribution in [-0.4, -0.2) is 51.8 Å². The van der Waals surface area contributed by atoms with Gasteiger partial charge in [-0.3, -0.25) is 0 Å². The molecule has 0 atom stereocenters. The van der Waals surface area contributed by atoms with Gasteiger partial charge in [-0.1, -0.05) is 13.8 Å². The summed E-state index contributed by atoms with van der Waals surface area (Å²) in [4.78, 5) is 2.61. The second-order valence-corrected chi connectivity index (χ2v) is 6.21. The first-order valence-corrected chi connectivity index (χ1v) is 6.93. The number of hydrogen-bond donors (Lipinski definition) is 1. The van der Waals surface area contributed by atoms with Crippen molar-refractivity contribution in [2.24, 2.45) is 11.3 Å². The summed E-state index contributed by atoms with van der Waals surface area (Å²) in [7, 11) is 3.84. The van der Waals surface area contributed by atoms with Crippen LogP contribution in [-0.2, 0) is 4.74 Å². The summed E-state index contributed by atoms with van der Waals surface area (Å²) < 4.78 is 5.29. The highest BCUT2D eigenvalue weighted by atomic mass is 16.5. The molecule has 0 aromatic rings. The Balaban J connectivity index is 2.22. The Morgan fingerprint density at radius 2 is 1.94 bits per heavy atom. The van der Waals surface area contributed by atoms with Gasteiger partial charge in [-0.25, -0.2) is 0 Å². The van der Waals surface area contributed by atoms with Crippen LogP contribution < -0.4 is 5.32 Å². The van der Waals surface area contributed by atoms with Crippen molar-refractivity contribution in [3.63, 3.8) is 0 Å². The highest BCUT2D eigenvalue weighted by Gasteiger charge is 2.25. The van der Waals surface area contributed by atoms with E-state index in [0.717, 1.165) is 12.5 Å². The fourth-order valence-electron chi connectivity index (χ4n) is 2.82. The van der Waals surface area contributed by atoms with Crippen LogP contribution in [0, 0.1) is 11.3 Å². The summed E-state index contributed by atoms with van der Waals surface area (Å²) in [6.45, 7) is 10.3. The topological polar surface area (TPSA) is 24.5 Å².